The minimum atomic E-state index is -1.08. The first-order chi connectivity index (χ1) is 14.8. The van der Waals surface area contributed by atoms with Crippen LogP contribution in [0.15, 0.2) is 15.9 Å². The molecule has 2 aromatic rings. The molecule has 172 valence electrons. The van der Waals surface area contributed by atoms with Crippen molar-refractivity contribution in [2.45, 2.75) is 91.0 Å². The van der Waals surface area contributed by atoms with Gasteiger partial charge in [-0.1, -0.05) is 26.7 Å². The fraction of sp³-hybridized carbons (Fsp3) is 0.696. The van der Waals surface area contributed by atoms with E-state index in [2.05, 4.69) is 29.1 Å². The van der Waals surface area contributed by atoms with Gasteiger partial charge in [0.1, 0.15) is 5.60 Å². The Morgan fingerprint density at radius 1 is 1.23 bits per heavy atom. The number of aromatic nitrogens is 4. The summed E-state index contributed by atoms with van der Waals surface area (Å²) < 4.78 is 4.57. The number of unbranched alkanes of at least 4 members (excludes halogenated alkanes) is 1. The van der Waals surface area contributed by atoms with Crippen LogP contribution in [0, 0.1) is 11.8 Å². The van der Waals surface area contributed by atoms with Gasteiger partial charge in [-0.3, -0.25) is 14.7 Å². The number of aliphatic hydroxyl groups is 1. The highest BCUT2D eigenvalue weighted by molar-refractivity contribution is 5.69. The van der Waals surface area contributed by atoms with E-state index >= 15 is 0 Å². The Labute approximate surface area is 184 Å². The first-order valence-electron chi connectivity index (χ1n) is 11.4. The molecular weight excluding hydrogens is 394 g/mol. The summed E-state index contributed by atoms with van der Waals surface area (Å²) >= 11 is 0. The van der Waals surface area contributed by atoms with Crippen molar-refractivity contribution in [1.82, 2.24) is 24.0 Å². The predicted octanol–water partition coefficient (Wildman–Crippen LogP) is 2.53. The van der Waals surface area contributed by atoms with Crippen LogP contribution in [-0.4, -0.2) is 35.9 Å². The van der Waals surface area contributed by atoms with Gasteiger partial charge in [0.05, 0.1) is 12.5 Å². The summed E-state index contributed by atoms with van der Waals surface area (Å²) in [7, 11) is 1.65. The summed E-state index contributed by atoms with van der Waals surface area (Å²) in [6.45, 7) is 9.18. The normalized spacial score (nSPS) is 14.3. The lowest BCUT2D eigenvalue weighted by atomic mass is 9.98. The third-order valence-electron chi connectivity index (χ3n) is 5.33. The molecule has 2 rings (SSSR count). The van der Waals surface area contributed by atoms with Gasteiger partial charge in [0.15, 0.2) is 11.2 Å². The van der Waals surface area contributed by atoms with Crippen LogP contribution in [0.2, 0.25) is 0 Å². The van der Waals surface area contributed by atoms with Gasteiger partial charge in [-0.25, -0.2) is 14.3 Å². The molecule has 8 nitrogen and oxygen atoms in total. The lowest BCUT2D eigenvalue weighted by Crippen LogP contribution is -2.46. The Balaban J connectivity index is 2.37. The van der Waals surface area contributed by atoms with E-state index in [0.717, 1.165) is 25.7 Å². The summed E-state index contributed by atoms with van der Waals surface area (Å²) in [4.78, 5) is 30.7. The van der Waals surface area contributed by atoms with Crippen molar-refractivity contribution in [3.63, 3.8) is 0 Å². The van der Waals surface area contributed by atoms with Crippen LogP contribution < -0.4 is 16.6 Å². The fourth-order valence-corrected chi connectivity index (χ4v) is 3.69. The molecule has 0 saturated carbocycles. The zero-order chi connectivity index (χ0) is 23.0. The standard InChI is InChI=1S/C23H37N5O3/c1-6-9-10-13-23(4,31)14-11-12-18(24-15-7-2)28-21(29)19-20(26(5)22(28)30)25-17-27(19)16-8-3/h17-18,24,31H,6-9,11-12,14-16H2,1-5H3. The van der Waals surface area contributed by atoms with E-state index in [1.807, 2.05) is 18.4 Å². The molecule has 0 aromatic carbocycles. The lowest BCUT2D eigenvalue weighted by molar-refractivity contribution is 0.106. The average molecular weight is 432 g/mol. The molecule has 0 radical (unpaired) electrons. The number of nitrogens with one attached hydrogen (secondary N) is 1. The second-order valence-electron chi connectivity index (χ2n) is 8.31. The van der Waals surface area contributed by atoms with Crippen LogP contribution in [0.5, 0.6) is 0 Å². The summed E-state index contributed by atoms with van der Waals surface area (Å²) in [5.74, 6) is 5.94. The summed E-state index contributed by atoms with van der Waals surface area (Å²) in [5, 5.41) is 13.9. The number of hydrogen-bond donors (Lipinski definition) is 2. The topological polar surface area (TPSA) is 94.1 Å². The van der Waals surface area contributed by atoms with Crippen molar-refractivity contribution in [3.05, 3.63) is 27.2 Å². The van der Waals surface area contributed by atoms with Crippen molar-refractivity contribution >= 4 is 11.2 Å². The average Bonchev–Trinajstić information content (AvgIpc) is 3.14. The largest absolute Gasteiger partial charge is 0.378 e. The number of rotatable bonds is 11. The van der Waals surface area contributed by atoms with Gasteiger partial charge in [0, 0.05) is 20.0 Å². The van der Waals surface area contributed by atoms with E-state index in [4.69, 9.17) is 0 Å². The third-order valence-corrected chi connectivity index (χ3v) is 5.33. The summed E-state index contributed by atoms with van der Waals surface area (Å²) in [6, 6.07) is 0. The molecule has 2 aromatic heterocycles. The quantitative estimate of drug-likeness (QED) is 0.533. The van der Waals surface area contributed by atoms with Gasteiger partial charge in [-0.15, -0.1) is 5.92 Å². The highest BCUT2D eigenvalue weighted by Crippen LogP contribution is 2.17. The Bertz CT molecular complexity index is 1040. The molecule has 8 heteroatoms. The van der Waals surface area contributed by atoms with E-state index in [1.165, 1.54) is 9.13 Å². The number of nitrogens with zero attached hydrogens (tertiary/aromatic N) is 4. The maximum Gasteiger partial charge on any atom is 0.333 e. The predicted molar refractivity (Wildman–Crippen MR) is 124 cm³/mol. The van der Waals surface area contributed by atoms with Crippen LogP contribution >= 0.6 is 0 Å². The second kappa shape index (κ2) is 11.3. The summed E-state index contributed by atoms with van der Waals surface area (Å²) in [5.41, 5.74) is -0.938. The number of hydrogen-bond acceptors (Lipinski definition) is 5. The van der Waals surface area contributed by atoms with Crippen LogP contribution in [0.25, 0.3) is 11.2 Å². The summed E-state index contributed by atoms with van der Waals surface area (Å²) in [6.07, 6.45) is 6.24. The molecular formula is C23H37N5O3. The first kappa shape index (κ1) is 24.9. The number of aryl methyl sites for hydroxylation is 2. The molecule has 0 amide bonds. The maximum absolute atomic E-state index is 13.4. The highest BCUT2D eigenvalue weighted by atomic mass is 16.3. The third kappa shape index (κ3) is 6.08. The van der Waals surface area contributed by atoms with Crippen LogP contribution in [0.1, 0.15) is 78.8 Å². The molecule has 2 N–H and O–H groups in total. The molecule has 2 atom stereocenters. The van der Waals surface area contributed by atoms with Crippen LogP contribution in [0.3, 0.4) is 0 Å². The van der Waals surface area contributed by atoms with E-state index in [9.17, 15) is 14.7 Å². The molecule has 0 aliphatic rings. The second-order valence-corrected chi connectivity index (χ2v) is 8.31. The zero-order valence-corrected chi connectivity index (χ0v) is 19.6. The van der Waals surface area contributed by atoms with Crippen molar-refractivity contribution in [1.29, 1.82) is 0 Å². The van der Waals surface area contributed by atoms with Gasteiger partial charge < -0.3 is 9.67 Å². The maximum atomic E-state index is 13.4. The molecule has 0 spiro atoms. The monoisotopic (exact) mass is 431 g/mol. The van der Waals surface area contributed by atoms with Crippen molar-refractivity contribution in [2.75, 3.05) is 6.54 Å². The Morgan fingerprint density at radius 3 is 2.61 bits per heavy atom. The Hall–Kier alpha value is -2.37. The van der Waals surface area contributed by atoms with Gasteiger partial charge in [-0.2, -0.15) is 0 Å². The smallest absolute Gasteiger partial charge is 0.333 e. The van der Waals surface area contributed by atoms with E-state index in [0.29, 0.717) is 43.5 Å². The number of fused-ring (bicyclic) bond motifs is 1. The van der Waals surface area contributed by atoms with Crippen molar-refractivity contribution in [3.8, 4) is 11.8 Å². The molecule has 0 aliphatic heterocycles. The molecule has 0 aliphatic carbocycles. The van der Waals surface area contributed by atoms with E-state index in [-0.39, 0.29) is 11.2 Å². The molecule has 2 unspecified atom stereocenters. The van der Waals surface area contributed by atoms with E-state index in [1.54, 1.807) is 20.3 Å². The molecule has 31 heavy (non-hydrogen) atoms. The molecule has 0 fully saturated rings. The Morgan fingerprint density at radius 2 is 1.97 bits per heavy atom. The highest BCUT2D eigenvalue weighted by Gasteiger charge is 2.23. The van der Waals surface area contributed by atoms with Crippen molar-refractivity contribution < 1.29 is 5.11 Å². The van der Waals surface area contributed by atoms with Crippen LogP contribution in [-0.2, 0) is 13.6 Å². The SMILES string of the molecule is CCCC#CC(C)(O)CCCC(NCCC)n1c(=O)c2c(ncn2CCC)n(C)c1=O. The van der Waals surface area contributed by atoms with Crippen molar-refractivity contribution in [2.24, 2.45) is 7.05 Å². The zero-order valence-electron chi connectivity index (χ0n) is 19.6. The van der Waals surface area contributed by atoms with Gasteiger partial charge in [-0.05, 0) is 52.0 Å². The minimum absolute atomic E-state index is 0.327. The molecule has 0 saturated heterocycles. The minimum Gasteiger partial charge on any atom is -0.378 e. The molecule has 0 bridgehead atoms. The first-order valence-corrected chi connectivity index (χ1v) is 11.4. The van der Waals surface area contributed by atoms with Gasteiger partial charge >= 0.3 is 5.69 Å². The number of imidazole rings is 1. The van der Waals surface area contributed by atoms with E-state index < -0.39 is 11.8 Å². The fourth-order valence-electron chi connectivity index (χ4n) is 3.69. The molecule has 2 heterocycles. The van der Waals surface area contributed by atoms with Gasteiger partial charge in [0.2, 0.25) is 0 Å². The van der Waals surface area contributed by atoms with Gasteiger partial charge in [0.25, 0.3) is 5.56 Å². The lowest BCUT2D eigenvalue weighted by Gasteiger charge is -2.23. The van der Waals surface area contributed by atoms with Crippen LogP contribution in [0.4, 0.5) is 0 Å². The Kier molecular flexibility index (Phi) is 9.08.